The summed E-state index contributed by atoms with van der Waals surface area (Å²) in [5, 5.41) is 3.05. The zero-order valence-electron chi connectivity index (χ0n) is 10.2. The van der Waals surface area contributed by atoms with E-state index in [1.54, 1.807) is 13.1 Å². The summed E-state index contributed by atoms with van der Waals surface area (Å²) in [5.41, 5.74) is 1.69. The van der Waals surface area contributed by atoms with Gasteiger partial charge >= 0.3 is 5.97 Å². The molecule has 0 aliphatic rings. The lowest BCUT2D eigenvalue weighted by atomic mass is 10.3. The zero-order chi connectivity index (χ0) is 12.8. The molecule has 0 saturated carbocycles. The van der Waals surface area contributed by atoms with Gasteiger partial charge < -0.3 is 10.1 Å². The van der Waals surface area contributed by atoms with Crippen LogP contribution in [-0.4, -0.2) is 29.1 Å². The summed E-state index contributed by atoms with van der Waals surface area (Å²) in [6.07, 6.45) is 1.98. The maximum absolute atomic E-state index is 11.1. The summed E-state index contributed by atoms with van der Waals surface area (Å²) in [6.45, 7) is 2.70. The minimum absolute atomic E-state index is 0.209. The van der Waals surface area contributed by atoms with E-state index in [2.05, 4.69) is 15.3 Å². The fraction of sp³-hybridized carbons (Fsp3) is 0.308. The van der Waals surface area contributed by atoms with Crippen LogP contribution >= 0.6 is 0 Å². The third-order valence-electron chi connectivity index (χ3n) is 2.39. The molecule has 5 nitrogen and oxygen atoms in total. The number of anilines is 1. The van der Waals surface area contributed by atoms with Crippen molar-refractivity contribution in [3.05, 3.63) is 30.5 Å². The third-order valence-corrected chi connectivity index (χ3v) is 2.39. The van der Waals surface area contributed by atoms with E-state index in [0.717, 1.165) is 11.0 Å². The molecule has 0 aliphatic carbocycles. The molecule has 0 aliphatic heterocycles. The molecule has 18 heavy (non-hydrogen) atoms. The summed E-state index contributed by atoms with van der Waals surface area (Å²) >= 11 is 0. The maximum Gasteiger partial charge on any atom is 0.307 e. The highest BCUT2D eigenvalue weighted by Gasteiger charge is 2.02. The van der Waals surface area contributed by atoms with Gasteiger partial charge in [-0.2, -0.15) is 0 Å². The molecule has 0 spiro atoms. The number of nitrogens with one attached hydrogen (secondary N) is 1. The summed E-state index contributed by atoms with van der Waals surface area (Å²) < 4.78 is 4.84. The molecule has 1 aromatic carbocycles. The standard InChI is InChI=1S/C13H15N3O2/c1-2-18-13(17)7-8-14-12-9-15-10-5-3-4-6-11(10)16-12/h3-6,9H,2,7-8H2,1H3,(H,14,16). The van der Waals surface area contributed by atoms with Gasteiger partial charge in [0.1, 0.15) is 5.82 Å². The fourth-order valence-electron chi connectivity index (χ4n) is 1.57. The Morgan fingerprint density at radius 2 is 2.11 bits per heavy atom. The average Bonchev–Trinajstić information content (AvgIpc) is 2.39. The molecule has 94 valence electrons. The fourth-order valence-corrected chi connectivity index (χ4v) is 1.57. The number of rotatable bonds is 5. The highest BCUT2D eigenvalue weighted by Crippen LogP contribution is 2.11. The van der Waals surface area contributed by atoms with E-state index >= 15 is 0 Å². The van der Waals surface area contributed by atoms with E-state index in [4.69, 9.17) is 4.74 Å². The van der Waals surface area contributed by atoms with Gasteiger partial charge in [0.05, 0.1) is 30.3 Å². The van der Waals surface area contributed by atoms with E-state index in [1.807, 2.05) is 24.3 Å². The molecule has 0 amide bonds. The number of ether oxygens (including phenoxy) is 1. The lowest BCUT2D eigenvalue weighted by Gasteiger charge is -2.05. The second-order valence-electron chi connectivity index (χ2n) is 3.73. The maximum atomic E-state index is 11.1. The SMILES string of the molecule is CCOC(=O)CCNc1cnc2ccccc2n1. The molecule has 1 N–H and O–H groups in total. The summed E-state index contributed by atoms with van der Waals surface area (Å²) in [4.78, 5) is 19.8. The van der Waals surface area contributed by atoms with Crippen molar-refractivity contribution in [2.24, 2.45) is 0 Å². The van der Waals surface area contributed by atoms with Crippen molar-refractivity contribution >= 4 is 22.8 Å². The van der Waals surface area contributed by atoms with Gasteiger partial charge in [-0.25, -0.2) is 4.98 Å². The van der Waals surface area contributed by atoms with Crippen molar-refractivity contribution in [1.82, 2.24) is 9.97 Å². The largest absolute Gasteiger partial charge is 0.466 e. The van der Waals surface area contributed by atoms with Crippen LogP contribution in [0.1, 0.15) is 13.3 Å². The summed E-state index contributed by atoms with van der Waals surface area (Å²) in [5.74, 6) is 0.455. The first-order valence-corrected chi connectivity index (χ1v) is 5.91. The van der Waals surface area contributed by atoms with Gasteiger partial charge in [0, 0.05) is 6.54 Å². The van der Waals surface area contributed by atoms with Gasteiger partial charge in [0.2, 0.25) is 0 Å². The van der Waals surface area contributed by atoms with Crippen molar-refractivity contribution in [2.75, 3.05) is 18.5 Å². The molecule has 1 heterocycles. The molecular formula is C13H15N3O2. The highest BCUT2D eigenvalue weighted by atomic mass is 16.5. The Morgan fingerprint density at radius 1 is 1.33 bits per heavy atom. The second-order valence-corrected chi connectivity index (χ2v) is 3.73. The number of carbonyl (C=O) groups is 1. The molecular weight excluding hydrogens is 230 g/mol. The number of hydrogen-bond donors (Lipinski definition) is 1. The van der Waals surface area contributed by atoms with E-state index in [0.29, 0.717) is 25.4 Å². The molecule has 0 atom stereocenters. The predicted molar refractivity (Wildman–Crippen MR) is 69.3 cm³/mol. The third kappa shape index (κ3) is 3.16. The molecule has 0 radical (unpaired) electrons. The van der Waals surface area contributed by atoms with Crippen molar-refractivity contribution < 1.29 is 9.53 Å². The van der Waals surface area contributed by atoms with Crippen LogP contribution in [0.15, 0.2) is 30.5 Å². The number of para-hydroxylation sites is 2. The molecule has 5 heteroatoms. The number of fused-ring (bicyclic) bond motifs is 1. The minimum Gasteiger partial charge on any atom is -0.466 e. The number of aromatic nitrogens is 2. The molecule has 1 aromatic heterocycles. The first-order chi connectivity index (χ1) is 8.79. The van der Waals surface area contributed by atoms with Crippen molar-refractivity contribution in [3.8, 4) is 0 Å². The first kappa shape index (κ1) is 12.3. The van der Waals surface area contributed by atoms with Crippen LogP contribution in [0.2, 0.25) is 0 Å². The number of hydrogen-bond acceptors (Lipinski definition) is 5. The Kier molecular flexibility index (Phi) is 4.06. The Morgan fingerprint density at radius 3 is 2.89 bits per heavy atom. The molecule has 0 bridgehead atoms. The highest BCUT2D eigenvalue weighted by molar-refractivity contribution is 5.75. The van der Waals surface area contributed by atoms with Gasteiger partial charge in [0.25, 0.3) is 0 Å². The van der Waals surface area contributed by atoms with E-state index in [1.165, 1.54) is 0 Å². The molecule has 0 saturated heterocycles. The van der Waals surface area contributed by atoms with Crippen LogP contribution in [0.4, 0.5) is 5.82 Å². The molecule has 0 unspecified atom stereocenters. The van der Waals surface area contributed by atoms with Gasteiger partial charge in [-0.3, -0.25) is 9.78 Å². The van der Waals surface area contributed by atoms with Crippen LogP contribution in [-0.2, 0) is 9.53 Å². The Labute approximate surface area is 105 Å². The van der Waals surface area contributed by atoms with Crippen LogP contribution < -0.4 is 5.32 Å². The van der Waals surface area contributed by atoms with Gasteiger partial charge in [-0.1, -0.05) is 12.1 Å². The minimum atomic E-state index is -0.209. The second kappa shape index (κ2) is 5.95. The Bertz CT molecular complexity index is 543. The van der Waals surface area contributed by atoms with E-state index < -0.39 is 0 Å². The van der Waals surface area contributed by atoms with Crippen LogP contribution in [0, 0.1) is 0 Å². The van der Waals surface area contributed by atoms with Crippen LogP contribution in [0.5, 0.6) is 0 Å². The Balaban J connectivity index is 1.93. The quantitative estimate of drug-likeness (QED) is 0.816. The molecule has 2 aromatic rings. The van der Waals surface area contributed by atoms with Crippen molar-refractivity contribution in [3.63, 3.8) is 0 Å². The normalized spacial score (nSPS) is 10.3. The van der Waals surface area contributed by atoms with Gasteiger partial charge in [-0.05, 0) is 19.1 Å². The lowest BCUT2D eigenvalue weighted by molar-refractivity contribution is -0.142. The van der Waals surface area contributed by atoms with E-state index in [-0.39, 0.29) is 5.97 Å². The smallest absolute Gasteiger partial charge is 0.307 e. The summed E-state index contributed by atoms with van der Waals surface area (Å²) in [7, 11) is 0. The van der Waals surface area contributed by atoms with Crippen molar-refractivity contribution in [2.45, 2.75) is 13.3 Å². The molecule has 0 fully saturated rings. The summed E-state index contributed by atoms with van der Waals surface area (Å²) in [6, 6.07) is 7.65. The number of esters is 1. The van der Waals surface area contributed by atoms with Crippen molar-refractivity contribution in [1.29, 1.82) is 0 Å². The first-order valence-electron chi connectivity index (χ1n) is 5.91. The number of carbonyl (C=O) groups excluding carboxylic acids is 1. The van der Waals surface area contributed by atoms with Crippen LogP contribution in [0.25, 0.3) is 11.0 Å². The predicted octanol–water partition coefficient (Wildman–Crippen LogP) is 1.99. The number of benzene rings is 1. The topological polar surface area (TPSA) is 64.1 Å². The zero-order valence-corrected chi connectivity index (χ0v) is 10.2. The average molecular weight is 245 g/mol. The number of nitrogens with zero attached hydrogens (tertiary/aromatic N) is 2. The van der Waals surface area contributed by atoms with Gasteiger partial charge in [-0.15, -0.1) is 0 Å². The van der Waals surface area contributed by atoms with Crippen LogP contribution in [0.3, 0.4) is 0 Å². The monoisotopic (exact) mass is 245 g/mol. The lowest BCUT2D eigenvalue weighted by Crippen LogP contribution is -2.12. The van der Waals surface area contributed by atoms with Gasteiger partial charge in [0.15, 0.2) is 0 Å². The Hall–Kier alpha value is -2.17. The molecule has 2 rings (SSSR count). The van der Waals surface area contributed by atoms with E-state index in [9.17, 15) is 4.79 Å².